The highest BCUT2D eigenvalue weighted by Crippen LogP contribution is 2.18. The van der Waals surface area contributed by atoms with Gasteiger partial charge in [-0.2, -0.15) is 0 Å². The minimum absolute atomic E-state index is 0.122. The summed E-state index contributed by atoms with van der Waals surface area (Å²) in [5.74, 6) is 0.449. The van der Waals surface area contributed by atoms with Crippen LogP contribution in [0, 0.1) is 5.92 Å². The van der Waals surface area contributed by atoms with E-state index in [4.69, 9.17) is 4.74 Å². The van der Waals surface area contributed by atoms with E-state index in [1.807, 2.05) is 36.9 Å². The third kappa shape index (κ3) is 7.69. The molecule has 1 aliphatic heterocycles. The van der Waals surface area contributed by atoms with Crippen molar-refractivity contribution in [2.45, 2.75) is 53.1 Å². The molecule has 0 spiro atoms. The molecule has 1 saturated heterocycles. The number of amides is 2. The zero-order valence-electron chi connectivity index (χ0n) is 18.7. The Hall–Kier alpha value is -2.08. The van der Waals surface area contributed by atoms with E-state index in [0.29, 0.717) is 45.2 Å². The highest BCUT2D eigenvalue weighted by Gasteiger charge is 2.29. The SMILES string of the molecule is CC(C)COC(=O)N1CCCN(CC(=O)N(Cc2ccccc2)C(C)(C)C)CC1. The van der Waals surface area contributed by atoms with Crippen molar-refractivity contribution in [2.75, 3.05) is 39.3 Å². The van der Waals surface area contributed by atoms with Crippen LogP contribution >= 0.6 is 0 Å². The number of ether oxygens (including phenoxy) is 1. The Kier molecular flexibility index (Phi) is 8.50. The van der Waals surface area contributed by atoms with Crippen molar-refractivity contribution in [3.8, 4) is 0 Å². The molecule has 6 heteroatoms. The number of hydrogen-bond donors (Lipinski definition) is 0. The van der Waals surface area contributed by atoms with Crippen LogP contribution in [-0.2, 0) is 16.1 Å². The predicted octanol–water partition coefficient (Wildman–Crippen LogP) is 3.61. The Labute approximate surface area is 175 Å². The smallest absolute Gasteiger partial charge is 0.409 e. The van der Waals surface area contributed by atoms with Gasteiger partial charge in [-0.05, 0) is 38.7 Å². The molecule has 2 rings (SSSR count). The van der Waals surface area contributed by atoms with Crippen LogP contribution < -0.4 is 0 Å². The van der Waals surface area contributed by atoms with Gasteiger partial charge in [-0.25, -0.2) is 4.79 Å². The second kappa shape index (κ2) is 10.6. The lowest BCUT2D eigenvalue weighted by molar-refractivity contribution is -0.138. The van der Waals surface area contributed by atoms with Crippen molar-refractivity contribution >= 4 is 12.0 Å². The van der Waals surface area contributed by atoms with E-state index >= 15 is 0 Å². The Morgan fingerprint density at radius 1 is 1.07 bits per heavy atom. The van der Waals surface area contributed by atoms with Crippen LogP contribution in [0.5, 0.6) is 0 Å². The number of nitrogens with zero attached hydrogens (tertiary/aromatic N) is 3. The number of rotatable bonds is 6. The highest BCUT2D eigenvalue weighted by atomic mass is 16.6. The average molecular weight is 404 g/mol. The van der Waals surface area contributed by atoms with Crippen LogP contribution in [0.15, 0.2) is 30.3 Å². The highest BCUT2D eigenvalue weighted by molar-refractivity contribution is 5.79. The first kappa shape index (κ1) is 23.2. The second-order valence-corrected chi connectivity index (χ2v) is 9.22. The molecule has 0 bridgehead atoms. The summed E-state index contributed by atoms with van der Waals surface area (Å²) in [6.45, 7) is 14.5. The predicted molar refractivity (Wildman–Crippen MR) is 116 cm³/mol. The maximum atomic E-state index is 13.1. The van der Waals surface area contributed by atoms with Crippen LogP contribution in [-0.4, -0.2) is 71.6 Å². The normalized spacial score (nSPS) is 15.9. The molecule has 0 unspecified atom stereocenters. The van der Waals surface area contributed by atoms with E-state index in [-0.39, 0.29) is 17.5 Å². The summed E-state index contributed by atoms with van der Waals surface area (Å²) in [6.07, 6.45) is 0.602. The maximum absolute atomic E-state index is 13.1. The standard InChI is InChI=1S/C23H37N3O3/c1-19(2)18-29-22(28)25-13-9-12-24(14-15-25)17-21(27)26(23(3,4)5)16-20-10-7-6-8-11-20/h6-8,10-11,19H,9,12-18H2,1-5H3. The molecule has 1 aromatic rings. The fourth-order valence-electron chi connectivity index (χ4n) is 3.38. The molecule has 1 heterocycles. The van der Waals surface area contributed by atoms with E-state index in [2.05, 4.69) is 37.8 Å². The number of carbonyl (C=O) groups is 2. The molecule has 0 atom stereocenters. The summed E-state index contributed by atoms with van der Waals surface area (Å²) in [6, 6.07) is 10.1. The van der Waals surface area contributed by atoms with Gasteiger partial charge < -0.3 is 14.5 Å². The largest absolute Gasteiger partial charge is 0.449 e. The van der Waals surface area contributed by atoms with E-state index in [0.717, 1.165) is 18.5 Å². The minimum Gasteiger partial charge on any atom is -0.449 e. The van der Waals surface area contributed by atoms with Gasteiger partial charge in [0, 0.05) is 38.3 Å². The van der Waals surface area contributed by atoms with Gasteiger partial charge >= 0.3 is 6.09 Å². The summed E-state index contributed by atoms with van der Waals surface area (Å²) in [7, 11) is 0. The van der Waals surface area contributed by atoms with Crippen LogP contribution in [0.25, 0.3) is 0 Å². The molecule has 0 aromatic heterocycles. The van der Waals surface area contributed by atoms with Crippen molar-refractivity contribution in [3.05, 3.63) is 35.9 Å². The number of benzene rings is 1. The lowest BCUT2D eigenvalue weighted by Crippen LogP contribution is -2.49. The Morgan fingerprint density at radius 2 is 1.76 bits per heavy atom. The summed E-state index contributed by atoms with van der Waals surface area (Å²) < 4.78 is 5.36. The third-order valence-electron chi connectivity index (χ3n) is 5.04. The summed E-state index contributed by atoms with van der Waals surface area (Å²) in [5, 5.41) is 0. The number of hydrogen-bond acceptors (Lipinski definition) is 4. The molecule has 0 radical (unpaired) electrons. The molecular formula is C23H37N3O3. The molecule has 29 heavy (non-hydrogen) atoms. The Morgan fingerprint density at radius 3 is 2.38 bits per heavy atom. The molecule has 1 fully saturated rings. The van der Waals surface area contributed by atoms with Crippen molar-refractivity contribution in [2.24, 2.45) is 5.92 Å². The van der Waals surface area contributed by atoms with Gasteiger partial charge in [0.2, 0.25) is 5.91 Å². The van der Waals surface area contributed by atoms with Gasteiger partial charge in [-0.3, -0.25) is 9.69 Å². The number of carbonyl (C=O) groups excluding carboxylic acids is 2. The lowest BCUT2D eigenvalue weighted by atomic mass is 10.0. The van der Waals surface area contributed by atoms with Gasteiger partial charge in [0.1, 0.15) is 0 Å². The van der Waals surface area contributed by atoms with Crippen molar-refractivity contribution in [1.82, 2.24) is 14.7 Å². The average Bonchev–Trinajstić information content (AvgIpc) is 2.89. The monoisotopic (exact) mass is 403 g/mol. The van der Waals surface area contributed by atoms with Crippen LogP contribution in [0.4, 0.5) is 4.79 Å². The van der Waals surface area contributed by atoms with E-state index in [1.54, 1.807) is 4.90 Å². The maximum Gasteiger partial charge on any atom is 0.409 e. The zero-order chi connectivity index (χ0) is 21.4. The van der Waals surface area contributed by atoms with Crippen molar-refractivity contribution in [1.29, 1.82) is 0 Å². The molecule has 1 aromatic carbocycles. The van der Waals surface area contributed by atoms with Gasteiger partial charge in [-0.1, -0.05) is 44.2 Å². The van der Waals surface area contributed by atoms with E-state index in [9.17, 15) is 9.59 Å². The molecule has 0 saturated carbocycles. The Bertz CT molecular complexity index is 655. The van der Waals surface area contributed by atoms with Gasteiger partial charge in [0.25, 0.3) is 0 Å². The Balaban J connectivity index is 1.93. The minimum atomic E-state index is -0.258. The van der Waals surface area contributed by atoms with Crippen molar-refractivity contribution in [3.63, 3.8) is 0 Å². The first-order valence-corrected chi connectivity index (χ1v) is 10.6. The van der Waals surface area contributed by atoms with Crippen LogP contribution in [0.2, 0.25) is 0 Å². The lowest BCUT2D eigenvalue weighted by Gasteiger charge is -2.37. The second-order valence-electron chi connectivity index (χ2n) is 9.22. The van der Waals surface area contributed by atoms with Gasteiger partial charge in [-0.15, -0.1) is 0 Å². The first-order valence-electron chi connectivity index (χ1n) is 10.6. The van der Waals surface area contributed by atoms with E-state index < -0.39 is 0 Å². The van der Waals surface area contributed by atoms with Crippen LogP contribution in [0.3, 0.4) is 0 Å². The topological polar surface area (TPSA) is 53.1 Å². The fourth-order valence-corrected chi connectivity index (χ4v) is 3.38. The van der Waals surface area contributed by atoms with E-state index in [1.165, 1.54) is 0 Å². The van der Waals surface area contributed by atoms with Gasteiger partial charge in [0.15, 0.2) is 0 Å². The molecule has 2 amide bonds. The summed E-state index contributed by atoms with van der Waals surface area (Å²) in [4.78, 5) is 31.2. The third-order valence-corrected chi connectivity index (χ3v) is 5.04. The van der Waals surface area contributed by atoms with Crippen LogP contribution in [0.1, 0.15) is 46.6 Å². The molecule has 6 nitrogen and oxygen atoms in total. The fraction of sp³-hybridized carbons (Fsp3) is 0.652. The first-order chi connectivity index (χ1) is 13.7. The summed E-state index contributed by atoms with van der Waals surface area (Å²) >= 11 is 0. The van der Waals surface area contributed by atoms with Gasteiger partial charge in [0.05, 0.1) is 13.2 Å². The zero-order valence-corrected chi connectivity index (χ0v) is 18.7. The molecule has 0 aliphatic carbocycles. The molecule has 162 valence electrons. The quantitative estimate of drug-likeness (QED) is 0.728. The molecule has 1 aliphatic rings. The molecular weight excluding hydrogens is 366 g/mol. The summed E-state index contributed by atoms with van der Waals surface area (Å²) in [5.41, 5.74) is 0.872. The van der Waals surface area contributed by atoms with Crippen molar-refractivity contribution < 1.29 is 14.3 Å². The molecule has 0 N–H and O–H groups in total.